The van der Waals surface area contributed by atoms with Crippen LogP contribution in [0.15, 0.2) is 82.6 Å². The van der Waals surface area contributed by atoms with Gasteiger partial charge in [-0.15, -0.1) is 11.8 Å². The number of amides is 1. The van der Waals surface area contributed by atoms with Crippen LogP contribution >= 0.6 is 35.0 Å². The highest BCUT2D eigenvalue weighted by Gasteiger charge is 2.43. The summed E-state index contributed by atoms with van der Waals surface area (Å²) in [4.78, 5) is 30.4. The second-order valence-electron chi connectivity index (χ2n) is 9.08. The Labute approximate surface area is 235 Å². The number of hydrogen-bond donors (Lipinski definition) is 0. The molecule has 1 amide bonds. The fraction of sp³-hybridized carbons (Fsp3) is 0.241. The molecule has 1 aromatic heterocycles. The fourth-order valence-electron chi connectivity index (χ4n) is 4.98. The van der Waals surface area contributed by atoms with Crippen molar-refractivity contribution in [2.24, 2.45) is 11.0 Å². The van der Waals surface area contributed by atoms with Crippen molar-refractivity contribution in [3.63, 3.8) is 0 Å². The molecular formula is C29H25Cl2N3O3S. The molecule has 2 unspecified atom stereocenters. The van der Waals surface area contributed by atoms with Crippen LogP contribution in [0.1, 0.15) is 46.8 Å². The minimum absolute atomic E-state index is 0.0106. The standard InChI is InChI=1S/C29H25Cl2N3O3S/c1-38-28-24(9-4-14-32-28)29(36)37-17-25(35)34-27(19-10-12-21(30)13-11-19)23-8-3-6-20(26(23)33-34)15-18-5-2-7-22(31)16-18/h2,4-5,7,9-16,23,27H,3,6,8,17H2,1H3. The summed E-state index contributed by atoms with van der Waals surface area (Å²) in [6.07, 6.45) is 8.24. The van der Waals surface area contributed by atoms with Crippen molar-refractivity contribution >= 4 is 58.6 Å². The third-order valence-electron chi connectivity index (χ3n) is 6.67. The maximum Gasteiger partial charge on any atom is 0.341 e. The predicted molar refractivity (Wildman–Crippen MR) is 152 cm³/mol. The Kier molecular flexibility index (Phi) is 8.17. The number of thioether (sulfide) groups is 1. The molecule has 0 saturated heterocycles. The van der Waals surface area contributed by atoms with E-state index in [0.29, 0.717) is 20.6 Å². The molecule has 3 aromatic rings. The highest BCUT2D eigenvalue weighted by molar-refractivity contribution is 7.98. The van der Waals surface area contributed by atoms with E-state index in [1.807, 2.05) is 54.8 Å². The molecular weight excluding hydrogens is 541 g/mol. The molecule has 2 heterocycles. The summed E-state index contributed by atoms with van der Waals surface area (Å²) in [5.41, 5.74) is 4.20. The Morgan fingerprint density at radius 3 is 2.68 bits per heavy atom. The lowest BCUT2D eigenvalue weighted by Gasteiger charge is -2.29. The van der Waals surface area contributed by atoms with Gasteiger partial charge in [0.15, 0.2) is 6.61 Å². The third-order valence-corrected chi connectivity index (χ3v) is 7.87. The lowest BCUT2D eigenvalue weighted by Crippen LogP contribution is -2.34. The maximum atomic E-state index is 13.5. The molecule has 194 valence electrons. The molecule has 0 bridgehead atoms. The fourth-order valence-corrected chi connectivity index (χ4v) is 5.84. The van der Waals surface area contributed by atoms with Gasteiger partial charge in [0.25, 0.3) is 5.91 Å². The van der Waals surface area contributed by atoms with Gasteiger partial charge < -0.3 is 4.74 Å². The van der Waals surface area contributed by atoms with Crippen molar-refractivity contribution in [3.05, 3.63) is 99.2 Å². The number of rotatable bonds is 6. The van der Waals surface area contributed by atoms with Gasteiger partial charge in [-0.05, 0) is 84.7 Å². The topological polar surface area (TPSA) is 71.9 Å². The Morgan fingerprint density at radius 1 is 1.11 bits per heavy atom. The SMILES string of the molecule is CSc1ncccc1C(=O)OCC(=O)N1N=C2C(=Cc3cccc(Cl)c3)CCCC2C1c1ccc(Cl)cc1. The van der Waals surface area contributed by atoms with Crippen LogP contribution in [-0.4, -0.2) is 40.4 Å². The number of aromatic nitrogens is 1. The van der Waals surface area contributed by atoms with Gasteiger partial charge in [0, 0.05) is 22.2 Å². The number of carbonyl (C=O) groups excluding carboxylic acids is 2. The van der Waals surface area contributed by atoms with E-state index in [-0.39, 0.29) is 12.0 Å². The number of hydrogen-bond acceptors (Lipinski definition) is 6. The van der Waals surface area contributed by atoms with Crippen molar-refractivity contribution in [1.82, 2.24) is 9.99 Å². The van der Waals surface area contributed by atoms with E-state index in [9.17, 15) is 9.59 Å². The Morgan fingerprint density at radius 2 is 1.92 bits per heavy atom. The van der Waals surface area contributed by atoms with Gasteiger partial charge in [-0.25, -0.2) is 14.8 Å². The normalized spacial score (nSPS) is 19.7. The van der Waals surface area contributed by atoms with Crippen LogP contribution in [0.5, 0.6) is 0 Å². The van der Waals surface area contributed by atoms with Gasteiger partial charge in [0.1, 0.15) is 5.03 Å². The van der Waals surface area contributed by atoms with Crippen LogP contribution in [0, 0.1) is 5.92 Å². The zero-order valence-electron chi connectivity index (χ0n) is 20.6. The van der Waals surface area contributed by atoms with E-state index in [1.54, 1.807) is 18.3 Å². The Bertz CT molecular complexity index is 1420. The number of carbonyl (C=O) groups is 2. The average molecular weight is 567 g/mol. The lowest BCUT2D eigenvalue weighted by atomic mass is 9.77. The summed E-state index contributed by atoms with van der Waals surface area (Å²) in [5, 5.41) is 8.14. The Hall–Kier alpha value is -3.13. The average Bonchev–Trinajstić information content (AvgIpc) is 3.33. The van der Waals surface area contributed by atoms with E-state index in [4.69, 9.17) is 33.0 Å². The van der Waals surface area contributed by atoms with E-state index in [2.05, 4.69) is 11.1 Å². The quantitative estimate of drug-likeness (QED) is 0.235. The number of nitrogens with zero attached hydrogens (tertiary/aromatic N) is 3. The van der Waals surface area contributed by atoms with Crippen LogP contribution in [0.25, 0.3) is 6.08 Å². The van der Waals surface area contributed by atoms with Gasteiger partial charge in [0.05, 0.1) is 17.3 Å². The largest absolute Gasteiger partial charge is 0.452 e. The number of benzene rings is 2. The summed E-state index contributed by atoms with van der Waals surface area (Å²) in [7, 11) is 0. The highest BCUT2D eigenvalue weighted by atomic mass is 35.5. The molecule has 9 heteroatoms. The zero-order valence-corrected chi connectivity index (χ0v) is 23.0. The molecule has 1 aliphatic carbocycles. The van der Waals surface area contributed by atoms with Gasteiger partial charge in [-0.1, -0.05) is 47.5 Å². The van der Waals surface area contributed by atoms with Crippen LogP contribution in [0.3, 0.4) is 0 Å². The molecule has 1 saturated carbocycles. The second kappa shape index (κ2) is 11.7. The predicted octanol–water partition coefficient (Wildman–Crippen LogP) is 7.09. The van der Waals surface area contributed by atoms with Crippen molar-refractivity contribution in [2.45, 2.75) is 30.3 Å². The van der Waals surface area contributed by atoms with Crippen LogP contribution < -0.4 is 0 Å². The van der Waals surface area contributed by atoms with E-state index < -0.39 is 18.5 Å². The van der Waals surface area contributed by atoms with E-state index in [0.717, 1.165) is 41.7 Å². The van der Waals surface area contributed by atoms with Crippen molar-refractivity contribution in [3.8, 4) is 0 Å². The summed E-state index contributed by atoms with van der Waals surface area (Å²) in [5.74, 6) is -0.974. The Balaban J connectivity index is 1.44. The summed E-state index contributed by atoms with van der Waals surface area (Å²) in [6, 6.07) is 18.1. The molecule has 38 heavy (non-hydrogen) atoms. The summed E-state index contributed by atoms with van der Waals surface area (Å²) in [6.45, 7) is -0.428. The van der Waals surface area contributed by atoms with Crippen LogP contribution in [-0.2, 0) is 9.53 Å². The molecule has 5 rings (SSSR count). The minimum Gasteiger partial charge on any atom is -0.452 e. The molecule has 2 aliphatic rings. The summed E-state index contributed by atoms with van der Waals surface area (Å²) < 4.78 is 5.43. The first-order chi connectivity index (χ1) is 18.4. The maximum absolute atomic E-state index is 13.5. The van der Waals surface area contributed by atoms with Crippen molar-refractivity contribution < 1.29 is 14.3 Å². The molecule has 6 nitrogen and oxygen atoms in total. The number of ether oxygens (including phenoxy) is 1. The first kappa shape index (κ1) is 26.5. The third kappa shape index (κ3) is 5.65. The molecule has 2 atom stereocenters. The van der Waals surface area contributed by atoms with Gasteiger partial charge >= 0.3 is 5.97 Å². The lowest BCUT2D eigenvalue weighted by molar-refractivity contribution is -0.137. The second-order valence-corrected chi connectivity index (χ2v) is 10.7. The van der Waals surface area contributed by atoms with Gasteiger partial charge in [-0.2, -0.15) is 5.10 Å². The first-order valence-corrected chi connectivity index (χ1v) is 14.2. The highest BCUT2D eigenvalue weighted by Crippen LogP contribution is 2.44. The van der Waals surface area contributed by atoms with Crippen LogP contribution in [0.2, 0.25) is 10.0 Å². The number of pyridine rings is 1. The minimum atomic E-state index is -0.593. The van der Waals surface area contributed by atoms with E-state index in [1.165, 1.54) is 16.8 Å². The molecule has 1 aliphatic heterocycles. The zero-order chi connectivity index (χ0) is 26.6. The first-order valence-electron chi connectivity index (χ1n) is 12.2. The van der Waals surface area contributed by atoms with Crippen molar-refractivity contribution in [1.29, 1.82) is 0 Å². The monoisotopic (exact) mass is 565 g/mol. The number of halogens is 2. The number of allylic oxidation sites excluding steroid dienone is 1. The number of fused-ring (bicyclic) bond motifs is 1. The molecule has 2 aromatic carbocycles. The van der Waals surface area contributed by atoms with Crippen molar-refractivity contribution in [2.75, 3.05) is 12.9 Å². The van der Waals surface area contributed by atoms with E-state index >= 15 is 0 Å². The molecule has 0 spiro atoms. The number of hydrazone groups is 1. The van der Waals surface area contributed by atoms with Gasteiger partial charge in [-0.3, -0.25) is 4.79 Å². The number of esters is 1. The smallest absolute Gasteiger partial charge is 0.341 e. The van der Waals surface area contributed by atoms with Crippen LogP contribution in [0.4, 0.5) is 0 Å². The molecule has 1 fully saturated rings. The summed E-state index contributed by atoms with van der Waals surface area (Å²) >= 11 is 13.7. The molecule has 0 N–H and O–H groups in total. The van der Waals surface area contributed by atoms with Gasteiger partial charge in [0.2, 0.25) is 0 Å². The molecule has 0 radical (unpaired) electrons.